The first-order valence-electron chi connectivity index (χ1n) is 9.20. The fourth-order valence-corrected chi connectivity index (χ4v) is 4.18. The lowest BCUT2D eigenvalue weighted by molar-refractivity contribution is -0.909. The van der Waals surface area contributed by atoms with E-state index in [-0.39, 0.29) is 6.10 Å². The molecule has 0 radical (unpaired) electrons. The highest BCUT2D eigenvalue weighted by Gasteiger charge is 2.22. The number of nitrogens with zero attached hydrogens (tertiary/aromatic N) is 1. The number of aromatic nitrogens is 1. The Labute approximate surface area is 143 Å². The maximum Gasteiger partial charge on any atom is 0.121 e. The molecule has 0 bridgehead atoms. The SMILES string of the molecule is CC1CC[NH+](C[C@H](O)Cn2c3ccccc3c3ccccc32)CC1. The zero-order valence-corrected chi connectivity index (χ0v) is 14.4. The molecule has 0 spiro atoms. The van der Waals surface area contributed by atoms with Crippen molar-refractivity contribution in [3.63, 3.8) is 0 Å². The molecule has 1 fully saturated rings. The molecule has 3 heteroatoms. The molecule has 1 aliphatic heterocycles. The van der Waals surface area contributed by atoms with Crippen molar-refractivity contribution in [3.8, 4) is 0 Å². The second kappa shape index (κ2) is 6.58. The van der Waals surface area contributed by atoms with Crippen LogP contribution >= 0.6 is 0 Å². The van der Waals surface area contributed by atoms with Gasteiger partial charge >= 0.3 is 0 Å². The van der Waals surface area contributed by atoms with Crippen LogP contribution < -0.4 is 4.90 Å². The summed E-state index contributed by atoms with van der Waals surface area (Å²) in [5.74, 6) is 0.850. The molecule has 2 heterocycles. The van der Waals surface area contributed by atoms with Crippen LogP contribution in [0.5, 0.6) is 0 Å². The van der Waals surface area contributed by atoms with Crippen LogP contribution in [0.2, 0.25) is 0 Å². The lowest BCUT2D eigenvalue weighted by Crippen LogP contribution is -3.14. The first-order chi connectivity index (χ1) is 11.7. The fourth-order valence-electron chi connectivity index (χ4n) is 4.18. The predicted molar refractivity (Wildman–Crippen MR) is 99.4 cm³/mol. The minimum absolute atomic E-state index is 0.299. The molecule has 3 aromatic rings. The average Bonchev–Trinajstić information content (AvgIpc) is 2.92. The number of aliphatic hydroxyl groups is 1. The number of quaternary nitrogens is 1. The summed E-state index contributed by atoms with van der Waals surface area (Å²) < 4.78 is 2.29. The first kappa shape index (κ1) is 15.7. The number of fused-ring (bicyclic) bond motifs is 3. The van der Waals surface area contributed by atoms with E-state index >= 15 is 0 Å². The van der Waals surface area contributed by atoms with Gasteiger partial charge < -0.3 is 14.6 Å². The minimum atomic E-state index is -0.299. The standard InChI is InChI=1S/C21H26N2O/c1-16-10-12-22(13-11-16)14-17(24)15-23-20-8-4-2-6-18(20)19-7-3-5-9-21(19)23/h2-9,16-17,24H,10-15H2,1H3/p+1/t17-/m0/s1. The van der Waals surface area contributed by atoms with Crippen LogP contribution in [0.1, 0.15) is 19.8 Å². The van der Waals surface area contributed by atoms with Gasteiger partial charge in [-0.1, -0.05) is 43.3 Å². The molecule has 2 aromatic carbocycles. The molecule has 0 aliphatic carbocycles. The maximum absolute atomic E-state index is 10.7. The van der Waals surface area contributed by atoms with Crippen molar-refractivity contribution in [2.75, 3.05) is 19.6 Å². The summed E-state index contributed by atoms with van der Waals surface area (Å²) in [6.07, 6.45) is 2.28. The second-order valence-corrected chi connectivity index (χ2v) is 7.44. The molecule has 0 amide bonds. The molecule has 0 unspecified atom stereocenters. The Kier molecular flexibility index (Phi) is 4.30. The third-order valence-corrected chi connectivity index (χ3v) is 5.58. The summed E-state index contributed by atoms with van der Waals surface area (Å²) in [6.45, 7) is 6.27. The van der Waals surface area contributed by atoms with E-state index in [1.54, 1.807) is 4.90 Å². The molecule has 1 aliphatic rings. The normalized spacial score (nSPS) is 22.9. The molecular weight excluding hydrogens is 296 g/mol. The third kappa shape index (κ3) is 2.94. The monoisotopic (exact) mass is 323 g/mol. The van der Waals surface area contributed by atoms with Gasteiger partial charge in [0, 0.05) is 21.8 Å². The molecule has 126 valence electrons. The molecule has 1 atom stereocenters. The Hall–Kier alpha value is -1.84. The Morgan fingerprint density at radius 3 is 2.12 bits per heavy atom. The molecule has 4 rings (SSSR count). The highest BCUT2D eigenvalue weighted by Crippen LogP contribution is 2.28. The molecule has 1 saturated heterocycles. The maximum atomic E-state index is 10.7. The highest BCUT2D eigenvalue weighted by molar-refractivity contribution is 6.07. The lowest BCUT2D eigenvalue weighted by Gasteiger charge is -2.29. The van der Waals surface area contributed by atoms with Gasteiger partial charge in [-0.05, 0) is 30.9 Å². The van der Waals surface area contributed by atoms with Crippen molar-refractivity contribution in [1.82, 2.24) is 4.57 Å². The Morgan fingerprint density at radius 1 is 1.00 bits per heavy atom. The largest absolute Gasteiger partial charge is 0.385 e. The zero-order valence-electron chi connectivity index (χ0n) is 14.4. The Bertz CT molecular complexity index is 777. The van der Waals surface area contributed by atoms with Crippen LogP contribution in [0.15, 0.2) is 48.5 Å². The van der Waals surface area contributed by atoms with Crippen LogP contribution in [-0.2, 0) is 6.54 Å². The van der Waals surface area contributed by atoms with Gasteiger partial charge in [-0.25, -0.2) is 0 Å². The summed E-state index contributed by atoms with van der Waals surface area (Å²) >= 11 is 0. The van der Waals surface area contributed by atoms with E-state index in [4.69, 9.17) is 0 Å². The number of hydrogen-bond donors (Lipinski definition) is 2. The number of hydrogen-bond acceptors (Lipinski definition) is 1. The van der Waals surface area contributed by atoms with Crippen LogP contribution in [0.25, 0.3) is 21.8 Å². The number of aliphatic hydroxyl groups excluding tert-OH is 1. The van der Waals surface area contributed by atoms with Crippen molar-refractivity contribution >= 4 is 21.8 Å². The average molecular weight is 323 g/mol. The molecule has 2 N–H and O–H groups in total. The van der Waals surface area contributed by atoms with Crippen molar-refractivity contribution < 1.29 is 10.0 Å². The quantitative estimate of drug-likeness (QED) is 0.759. The number of piperidine rings is 1. The predicted octanol–water partition coefficient (Wildman–Crippen LogP) is 2.47. The Balaban J connectivity index is 1.59. The summed E-state index contributed by atoms with van der Waals surface area (Å²) in [5, 5.41) is 13.3. The molecular formula is C21H27N2O+. The van der Waals surface area contributed by atoms with E-state index < -0.39 is 0 Å². The smallest absolute Gasteiger partial charge is 0.121 e. The number of nitrogens with one attached hydrogen (secondary N) is 1. The second-order valence-electron chi connectivity index (χ2n) is 7.44. The molecule has 0 saturated carbocycles. The topological polar surface area (TPSA) is 29.6 Å². The van der Waals surface area contributed by atoms with E-state index in [0.29, 0.717) is 6.54 Å². The van der Waals surface area contributed by atoms with Gasteiger partial charge in [0.05, 0.1) is 19.6 Å². The van der Waals surface area contributed by atoms with Crippen molar-refractivity contribution in [2.24, 2.45) is 5.92 Å². The van der Waals surface area contributed by atoms with Crippen LogP contribution in [-0.4, -0.2) is 35.4 Å². The number of likely N-dealkylation sites (tertiary alicyclic amines) is 1. The van der Waals surface area contributed by atoms with Gasteiger partial charge in [0.1, 0.15) is 12.6 Å². The van der Waals surface area contributed by atoms with Gasteiger partial charge in [-0.2, -0.15) is 0 Å². The summed E-state index contributed by atoms with van der Waals surface area (Å²) in [7, 11) is 0. The van der Waals surface area contributed by atoms with Gasteiger partial charge in [0.2, 0.25) is 0 Å². The van der Waals surface area contributed by atoms with E-state index in [1.165, 1.54) is 47.7 Å². The van der Waals surface area contributed by atoms with Crippen LogP contribution in [0, 0.1) is 5.92 Å². The van der Waals surface area contributed by atoms with Crippen molar-refractivity contribution in [3.05, 3.63) is 48.5 Å². The van der Waals surface area contributed by atoms with E-state index in [1.807, 2.05) is 0 Å². The van der Waals surface area contributed by atoms with Gasteiger partial charge in [-0.3, -0.25) is 0 Å². The zero-order chi connectivity index (χ0) is 16.5. The van der Waals surface area contributed by atoms with Crippen molar-refractivity contribution in [2.45, 2.75) is 32.4 Å². The summed E-state index contributed by atoms with van der Waals surface area (Å²) in [4.78, 5) is 1.56. The third-order valence-electron chi connectivity index (χ3n) is 5.58. The van der Waals surface area contributed by atoms with E-state index in [2.05, 4.69) is 60.0 Å². The summed E-state index contributed by atoms with van der Waals surface area (Å²) in [6, 6.07) is 17.0. The van der Waals surface area contributed by atoms with Crippen LogP contribution in [0.4, 0.5) is 0 Å². The first-order valence-corrected chi connectivity index (χ1v) is 9.20. The van der Waals surface area contributed by atoms with Crippen LogP contribution in [0.3, 0.4) is 0 Å². The van der Waals surface area contributed by atoms with Crippen molar-refractivity contribution in [1.29, 1.82) is 0 Å². The number of rotatable bonds is 4. The van der Waals surface area contributed by atoms with Gasteiger partial charge in [-0.15, -0.1) is 0 Å². The lowest BCUT2D eigenvalue weighted by atomic mass is 9.99. The van der Waals surface area contributed by atoms with E-state index in [0.717, 1.165) is 12.5 Å². The van der Waals surface area contributed by atoms with Gasteiger partial charge in [0.25, 0.3) is 0 Å². The highest BCUT2D eigenvalue weighted by atomic mass is 16.3. The minimum Gasteiger partial charge on any atom is -0.385 e. The molecule has 1 aromatic heterocycles. The van der Waals surface area contributed by atoms with E-state index in [9.17, 15) is 5.11 Å². The fraction of sp³-hybridized carbons (Fsp3) is 0.429. The molecule has 24 heavy (non-hydrogen) atoms. The summed E-state index contributed by atoms with van der Waals surface area (Å²) in [5.41, 5.74) is 2.44. The van der Waals surface area contributed by atoms with Gasteiger partial charge in [0.15, 0.2) is 0 Å². The molecule has 3 nitrogen and oxygen atoms in total. The Morgan fingerprint density at radius 2 is 1.54 bits per heavy atom. The number of para-hydroxylation sites is 2. The number of benzene rings is 2.